The van der Waals surface area contributed by atoms with Gasteiger partial charge in [-0.15, -0.1) is 0 Å². The normalized spacial score (nSPS) is 22.6. The van der Waals surface area contributed by atoms with E-state index in [-0.39, 0.29) is 5.91 Å². The molecule has 3 unspecified atom stereocenters. The molecule has 0 radical (unpaired) electrons. The van der Waals surface area contributed by atoms with Crippen LogP contribution < -0.4 is 5.32 Å². The van der Waals surface area contributed by atoms with Gasteiger partial charge in [0.2, 0.25) is 0 Å². The molecule has 2 fully saturated rings. The zero-order valence-corrected chi connectivity index (χ0v) is 24.1. The molecule has 212 valence electrons. The predicted molar refractivity (Wildman–Crippen MR) is 160 cm³/mol. The third kappa shape index (κ3) is 6.41. The average molecular weight is 543 g/mol. The Hall–Kier alpha value is -3.59. The van der Waals surface area contributed by atoms with Crippen molar-refractivity contribution in [1.29, 1.82) is 0 Å². The molecule has 9 nitrogen and oxygen atoms in total. The summed E-state index contributed by atoms with van der Waals surface area (Å²) in [7, 11) is 1.76. The van der Waals surface area contributed by atoms with Crippen LogP contribution in [0.3, 0.4) is 0 Å². The van der Waals surface area contributed by atoms with Crippen LogP contribution in [0.2, 0.25) is 0 Å². The minimum absolute atomic E-state index is 0.292. The second-order valence-corrected chi connectivity index (χ2v) is 11.5. The number of hydrogen-bond donors (Lipinski definition) is 1. The van der Waals surface area contributed by atoms with Crippen LogP contribution in [0.15, 0.2) is 48.2 Å². The van der Waals surface area contributed by atoms with Gasteiger partial charge in [-0.2, -0.15) is 14.9 Å². The molecule has 0 bridgehead atoms. The Bertz CT molecular complexity index is 1340. The highest BCUT2D eigenvalue weighted by Gasteiger charge is 2.28. The van der Waals surface area contributed by atoms with E-state index in [1.807, 2.05) is 31.3 Å². The first-order valence-corrected chi connectivity index (χ1v) is 14.7. The summed E-state index contributed by atoms with van der Waals surface area (Å²) in [5.74, 6) is 2.60. The number of nitrogens with one attached hydrogen (secondary N) is 1. The highest BCUT2D eigenvalue weighted by Crippen LogP contribution is 2.33. The molecule has 0 spiro atoms. The van der Waals surface area contributed by atoms with Crippen molar-refractivity contribution >= 4 is 23.8 Å². The van der Waals surface area contributed by atoms with Gasteiger partial charge < -0.3 is 10.2 Å². The van der Waals surface area contributed by atoms with E-state index in [2.05, 4.69) is 38.8 Å². The quantitative estimate of drug-likeness (QED) is 0.370. The molecule has 5 rings (SSSR count). The number of pyridine rings is 1. The van der Waals surface area contributed by atoms with Crippen molar-refractivity contribution in [1.82, 2.24) is 29.4 Å². The van der Waals surface area contributed by atoms with Gasteiger partial charge in [0.25, 0.3) is 5.91 Å². The van der Waals surface area contributed by atoms with Crippen molar-refractivity contribution in [2.75, 3.05) is 18.4 Å². The highest BCUT2D eigenvalue weighted by molar-refractivity contribution is 6.07. The van der Waals surface area contributed by atoms with Gasteiger partial charge in [0, 0.05) is 37.5 Å². The average Bonchev–Trinajstić information content (AvgIpc) is 3.51. The van der Waals surface area contributed by atoms with Crippen LogP contribution in [0.5, 0.6) is 0 Å². The Balaban J connectivity index is 1.41. The standard InChI is InChI=1S/C31H42N8O/c1-5-15-32-30-26(21-34-37(30)4)31(40)35-29-19-27(36-39(29)28-13-12-23(3)20-33-28)24-10-6-7-16-38(17-14-24)25-11-8-9-22(2)18-25/h5,12-13,15,19-22,24-25H,1,6-11,14,16-18H2,2-4H3,(H,35,40)/b32-15-. The van der Waals surface area contributed by atoms with Gasteiger partial charge in [-0.25, -0.2) is 9.98 Å². The molecule has 40 heavy (non-hydrogen) atoms. The number of likely N-dealkylation sites (tertiary alicyclic amines) is 1. The number of aryl methyl sites for hydroxylation is 2. The Labute approximate surface area is 237 Å². The highest BCUT2D eigenvalue weighted by atomic mass is 16.1. The van der Waals surface area contributed by atoms with Gasteiger partial charge in [0.05, 0.1) is 11.9 Å². The van der Waals surface area contributed by atoms with E-state index < -0.39 is 0 Å². The summed E-state index contributed by atoms with van der Waals surface area (Å²) in [5.41, 5.74) is 2.46. The first-order valence-electron chi connectivity index (χ1n) is 14.7. The Morgan fingerprint density at radius 2 is 2.00 bits per heavy atom. The van der Waals surface area contributed by atoms with Gasteiger partial charge in [-0.1, -0.05) is 44.9 Å². The van der Waals surface area contributed by atoms with E-state index in [9.17, 15) is 4.79 Å². The lowest BCUT2D eigenvalue weighted by Crippen LogP contribution is -2.40. The lowest BCUT2D eigenvalue weighted by molar-refractivity contribution is 0.102. The number of allylic oxidation sites excluding steroid dienone is 1. The molecule has 9 heteroatoms. The fraction of sp³-hybridized carbons (Fsp3) is 0.516. The maximum Gasteiger partial charge on any atom is 0.262 e. The zero-order chi connectivity index (χ0) is 28.1. The lowest BCUT2D eigenvalue weighted by Gasteiger charge is -2.38. The Morgan fingerprint density at radius 1 is 1.12 bits per heavy atom. The van der Waals surface area contributed by atoms with Crippen molar-refractivity contribution in [3.05, 3.63) is 60.1 Å². The molecule has 2 aliphatic rings. The third-order valence-corrected chi connectivity index (χ3v) is 8.39. The van der Waals surface area contributed by atoms with Crippen molar-refractivity contribution in [2.45, 2.75) is 77.2 Å². The smallest absolute Gasteiger partial charge is 0.262 e. The summed E-state index contributed by atoms with van der Waals surface area (Å²) in [4.78, 5) is 25.2. The molecule has 1 aliphatic heterocycles. The molecule has 3 atom stereocenters. The summed E-state index contributed by atoms with van der Waals surface area (Å²) in [6, 6.07) is 6.69. The maximum atomic E-state index is 13.4. The molecule has 3 aromatic heterocycles. The molecule has 1 amide bonds. The van der Waals surface area contributed by atoms with Crippen molar-refractivity contribution in [3.63, 3.8) is 0 Å². The molecule has 1 N–H and O–H groups in total. The fourth-order valence-corrected chi connectivity index (χ4v) is 6.18. The molecule has 4 heterocycles. The number of nitrogens with zero attached hydrogens (tertiary/aromatic N) is 7. The maximum absolute atomic E-state index is 13.4. The van der Waals surface area contributed by atoms with Gasteiger partial charge in [-0.3, -0.25) is 9.48 Å². The number of hydrogen-bond acceptors (Lipinski definition) is 6. The number of anilines is 1. The molecule has 0 aromatic carbocycles. The number of carbonyl (C=O) groups is 1. The first kappa shape index (κ1) is 28.0. The number of rotatable bonds is 7. The number of carbonyl (C=O) groups excluding carboxylic acids is 1. The molecule has 3 aromatic rings. The van der Waals surface area contributed by atoms with Crippen LogP contribution >= 0.6 is 0 Å². The van der Waals surface area contributed by atoms with Crippen molar-refractivity contribution < 1.29 is 4.79 Å². The summed E-state index contributed by atoms with van der Waals surface area (Å²) in [6.07, 6.45) is 16.4. The van der Waals surface area contributed by atoms with Crippen molar-refractivity contribution in [2.24, 2.45) is 18.0 Å². The van der Waals surface area contributed by atoms with Gasteiger partial charge in [0.1, 0.15) is 11.4 Å². The molecule has 1 saturated heterocycles. The molecule has 1 aliphatic carbocycles. The van der Waals surface area contributed by atoms with Gasteiger partial charge >= 0.3 is 0 Å². The van der Waals surface area contributed by atoms with Crippen LogP contribution in [0.1, 0.15) is 85.8 Å². The molecular weight excluding hydrogens is 500 g/mol. The number of aromatic nitrogens is 5. The topological polar surface area (TPSA) is 93.2 Å². The molecule has 1 saturated carbocycles. The largest absolute Gasteiger partial charge is 0.306 e. The molecular formula is C31H42N8O. The zero-order valence-electron chi connectivity index (χ0n) is 24.1. The van der Waals surface area contributed by atoms with E-state index in [1.165, 1.54) is 51.3 Å². The summed E-state index contributed by atoms with van der Waals surface area (Å²) >= 11 is 0. The van der Waals surface area contributed by atoms with Crippen LogP contribution in [-0.2, 0) is 7.05 Å². The van der Waals surface area contributed by atoms with E-state index in [0.717, 1.165) is 36.6 Å². The lowest BCUT2D eigenvalue weighted by atomic mass is 9.85. The summed E-state index contributed by atoms with van der Waals surface area (Å²) < 4.78 is 3.33. The summed E-state index contributed by atoms with van der Waals surface area (Å²) in [5, 5.41) is 12.4. The Morgan fingerprint density at radius 3 is 2.77 bits per heavy atom. The first-order chi connectivity index (χ1) is 19.4. The van der Waals surface area contributed by atoms with E-state index in [1.54, 1.807) is 28.7 Å². The minimum atomic E-state index is -0.292. The summed E-state index contributed by atoms with van der Waals surface area (Å²) in [6.45, 7) is 10.4. The second-order valence-electron chi connectivity index (χ2n) is 11.5. The van der Waals surface area contributed by atoms with Gasteiger partial charge in [-0.05, 0) is 69.7 Å². The monoisotopic (exact) mass is 542 g/mol. The van der Waals surface area contributed by atoms with Crippen LogP contribution in [0, 0.1) is 12.8 Å². The van der Waals surface area contributed by atoms with E-state index in [4.69, 9.17) is 5.10 Å². The second kappa shape index (κ2) is 12.7. The van der Waals surface area contributed by atoms with E-state index >= 15 is 0 Å². The predicted octanol–water partition coefficient (Wildman–Crippen LogP) is 5.99. The third-order valence-electron chi connectivity index (χ3n) is 8.39. The van der Waals surface area contributed by atoms with Crippen LogP contribution in [0.4, 0.5) is 11.6 Å². The van der Waals surface area contributed by atoms with Crippen LogP contribution in [-0.4, -0.2) is 60.7 Å². The number of aliphatic imine (C=N–C) groups is 1. The van der Waals surface area contributed by atoms with E-state index in [0.29, 0.717) is 35.0 Å². The van der Waals surface area contributed by atoms with Crippen molar-refractivity contribution in [3.8, 4) is 5.82 Å². The van der Waals surface area contributed by atoms with Crippen LogP contribution in [0.25, 0.3) is 5.82 Å². The fourth-order valence-electron chi connectivity index (χ4n) is 6.18. The SMILES string of the molecule is C=C/C=N\c1c(C(=O)Nc2cc(C3CCCCN(C4CCCC(C)C4)CC3)nn2-c2ccc(C)cn2)cnn1C. The Kier molecular flexibility index (Phi) is 8.89. The minimum Gasteiger partial charge on any atom is -0.306 e. The van der Waals surface area contributed by atoms with Gasteiger partial charge in [0.15, 0.2) is 11.6 Å². The number of amides is 1.